The van der Waals surface area contributed by atoms with Crippen LogP contribution in [0.25, 0.3) is 5.57 Å². The van der Waals surface area contributed by atoms with Crippen LogP contribution >= 0.6 is 0 Å². The zero-order chi connectivity index (χ0) is 18.8. The highest BCUT2D eigenvalue weighted by atomic mass is 16.2. The van der Waals surface area contributed by atoms with Gasteiger partial charge in [0.1, 0.15) is 6.42 Å². The molecule has 0 radical (unpaired) electrons. The summed E-state index contributed by atoms with van der Waals surface area (Å²) in [7, 11) is 0. The number of hydrazone groups is 1. The van der Waals surface area contributed by atoms with Crippen molar-refractivity contribution in [2.45, 2.75) is 59.5 Å². The maximum Gasteiger partial charge on any atom is 0.254 e. The first kappa shape index (κ1) is 18.7. The molecule has 25 heavy (non-hydrogen) atoms. The van der Waals surface area contributed by atoms with Gasteiger partial charge in [0, 0.05) is 17.3 Å². The summed E-state index contributed by atoms with van der Waals surface area (Å²) in [6.45, 7) is 13.0. The molecule has 1 heterocycles. The minimum absolute atomic E-state index is 0.0431. The summed E-state index contributed by atoms with van der Waals surface area (Å²) < 4.78 is 0. The summed E-state index contributed by atoms with van der Waals surface area (Å²) in [5.41, 5.74) is 8.02. The lowest BCUT2D eigenvalue weighted by Gasteiger charge is -2.46. The SMILES string of the molecule is CC1=CC(C)(C)N(C(C)C)c2cc(C)c(/C=N/NC(=O)CC#N)cc21. The molecule has 0 spiro atoms. The van der Waals surface area contributed by atoms with E-state index in [-0.39, 0.29) is 12.0 Å². The van der Waals surface area contributed by atoms with Crippen LogP contribution in [0.4, 0.5) is 5.69 Å². The number of allylic oxidation sites excluding steroid dienone is 1. The van der Waals surface area contributed by atoms with Gasteiger partial charge in [0.25, 0.3) is 5.91 Å². The predicted octanol–water partition coefficient (Wildman–Crippen LogP) is 3.77. The van der Waals surface area contributed by atoms with Crippen LogP contribution in [0.2, 0.25) is 0 Å². The van der Waals surface area contributed by atoms with E-state index in [4.69, 9.17) is 5.26 Å². The van der Waals surface area contributed by atoms with Crippen molar-refractivity contribution in [2.75, 3.05) is 4.90 Å². The molecule has 0 saturated heterocycles. The number of hydrogen-bond donors (Lipinski definition) is 1. The van der Waals surface area contributed by atoms with Crippen molar-refractivity contribution in [3.05, 3.63) is 34.9 Å². The molecule has 0 unspecified atom stereocenters. The third kappa shape index (κ3) is 3.90. The monoisotopic (exact) mass is 338 g/mol. The quantitative estimate of drug-likeness (QED) is 0.671. The molecule has 1 aliphatic rings. The number of carbonyl (C=O) groups excluding carboxylic acids is 1. The zero-order valence-corrected chi connectivity index (χ0v) is 15.8. The van der Waals surface area contributed by atoms with E-state index >= 15 is 0 Å². The van der Waals surface area contributed by atoms with Crippen LogP contribution in [0.5, 0.6) is 0 Å². The zero-order valence-electron chi connectivity index (χ0n) is 15.8. The van der Waals surface area contributed by atoms with E-state index in [1.807, 2.05) is 6.92 Å². The van der Waals surface area contributed by atoms with Crippen molar-refractivity contribution in [3.63, 3.8) is 0 Å². The Labute approximate surface area is 150 Å². The van der Waals surface area contributed by atoms with E-state index in [1.165, 1.54) is 16.8 Å². The summed E-state index contributed by atoms with van der Waals surface area (Å²) in [6, 6.07) is 6.47. The molecular weight excluding hydrogens is 312 g/mol. The number of aryl methyl sites for hydroxylation is 1. The molecule has 0 aromatic heterocycles. The van der Waals surface area contributed by atoms with E-state index in [9.17, 15) is 4.79 Å². The summed E-state index contributed by atoms with van der Waals surface area (Å²) >= 11 is 0. The largest absolute Gasteiger partial charge is 0.360 e. The van der Waals surface area contributed by atoms with Gasteiger partial charge in [-0.1, -0.05) is 6.08 Å². The van der Waals surface area contributed by atoms with Crippen LogP contribution in [0.1, 0.15) is 57.7 Å². The second kappa shape index (κ2) is 7.10. The van der Waals surface area contributed by atoms with Gasteiger partial charge in [0.15, 0.2) is 0 Å². The molecule has 0 fully saturated rings. The van der Waals surface area contributed by atoms with Gasteiger partial charge >= 0.3 is 0 Å². The van der Waals surface area contributed by atoms with Crippen molar-refractivity contribution >= 4 is 23.4 Å². The summed E-state index contributed by atoms with van der Waals surface area (Å²) in [5.74, 6) is -0.404. The minimum atomic E-state index is -0.404. The van der Waals surface area contributed by atoms with Crippen molar-refractivity contribution in [3.8, 4) is 6.07 Å². The van der Waals surface area contributed by atoms with Crippen molar-refractivity contribution in [1.29, 1.82) is 5.26 Å². The molecule has 1 aliphatic heterocycles. The number of anilines is 1. The van der Waals surface area contributed by atoms with Crippen molar-refractivity contribution < 1.29 is 4.79 Å². The molecule has 132 valence electrons. The molecule has 0 bridgehead atoms. The number of hydrogen-bond acceptors (Lipinski definition) is 4. The molecule has 1 N–H and O–H groups in total. The van der Waals surface area contributed by atoms with Gasteiger partial charge in [-0.2, -0.15) is 10.4 Å². The fraction of sp³-hybridized carbons (Fsp3) is 0.450. The average molecular weight is 338 g/mol. The number of amides is 1. The van der Waals surface area contributed by atoms with Gasteiger partial charge in [0.2, 0.25) is 0 Å². The summed E-state index contributed by atoms with van der Waals surface area (Å²) in [5, 5.41) is 12.5. The molecule has 5 heteroatoms. The van der Waals surface area contributed by atoms with Crippen LogP contribution in [0, 0.1) is 18.3 Å². The highest BCUT2D eigenvalue weighted by molar-refractivity contribution is 5.90. The first-order chi connectivity index (χ1) is 11.7. The Morgan fingerprint density at radius 3 is 2.68 bits per heavy atom. The molecule has 0 aliphatic carbocycles. The van der Waals surface area contributed by atoms with E-state index in [1.54, 1.807) is 12.3 Å². The van der Waals surface area contributed by atoms with Gasteiger partial charge in [-0.05, 0) is 70.4 Å². The van der Waals surface area contributed by atoms with Gasteiger partial charge in [-0.3, -0.25) is 4.79 Å². The normalized spacial score (nSPS) is 15.8. The molecular formula is C20H26N4O. The summed E-state index contributed by atoms with van der Waals surface area (Å²) in [4.78, 5) is 13.8. The van der Waals surface area contributed by atoms with Gasteiger partial charge in [0.05, 0.1) is 17.8 Å². The number of nitriles is 1. The maximum atomic E-state index is 11.3. The highest BCUT2D eigenvalue weighted by Crippen LogP contribution is 2.41. The van der Waals surface area contributed by atoms with Crippen LogP contribution in [0.15, 0.2) is 23.3 Å². The third-order valence-corrected chi connectivity index (χ3v) is 4.41. The lowest BCUT2D eigenvalue weighted by Crippen LogP contribution is -2.49. The van der Waals surface area contributed by atoms with E-state index in [0.29, 0.717) is 6.04 Å². The fourth-order valence-electron chi connectivity index (χ4n) is 3.58. The molecule has 2 rings (SSSR count). The number of fused-ring (bicyclic) bond motifs is 1. The second-order valence-electron chi connectivity index (χ2n) is 7.30. The number of nitrogens with one attached hydrogen (secondary N) is 1. The molecule has 1 aromatic carbocycles. The van der Waals surface area contributed by atoms with Gasteiger partial charge in [-0.15, -0.1) is 0 Å². The Kier molecular flexibility index (Phi) is 5.32. The lowest BCUT2D eigenvalue weighted by molar-refractivity contribution is -0.120. The molecule has 0 atom stereocenters. The van der Waals surface area contributed by atoms with Gasteiger partial charge in [-0.25, -0.2) is 5.43 Å². The second-order valence-corrected chi connectivity index (χ2v) is 7.30. The molecule has 0 saturated carbocycles. The van der Waals surface area contributed by atoms with E-state index in [0.717, 1.165) is 11.1 Å². The van der Waals surface area contributed by atoms with E-state index in [2.05, 4.69) is 68.3 Å². The Balaban J connectivity index is 2.41. The van der Waals surface area contributed by atoms with E-state index < -0.39 is 5.91 Å². The predicted molar refractivity (Wildman–Crippen MR) is 102 cm³/mol. The molecule has 5 nitrogen and oxygen atoms in total. The Hall–Kier alpha value is -2.61. The highest BCUT2D eigenvalue weighted by Gasteiger charge is 2.33. The average Bonchev–Trinajstić information content (AvgIpc) is 2.47. The van der Waals surface area contributed by atoms with Crippen LogP contribution < -0.4 is 10.3 Å². The number of rotatable bonds is 4. The first-order valence-electron chi connectivity index (χ1n) is 8.50. The Morgan fingerprint density at radius 1 is 1.40 bits per heavy atom. The van der Waals surface area contributed by atoms with Crippen molar-refractivity contribution in [2.24, 2.45) is 5.10 Å². The Bertz CT molecular complexity index is 782. The number of nitrogens with zero attached hydrogens (tertiary/aromatic N) is 3. The number of carbonyl (C=O) groups is 1. The smallest absolute Gasteiger partial charge is 0.254 e. The van der Waals surface area contributed by atoms with Gasteiger partial charge < -0.3 is 4.90 Å². The van der Waals surface area contributed by atoms with Crippen LogP contribution in [-0.2, 0) is 4.79 Å². The number of benzene rings is 1. The minimum Gasteiger partial charge on any atom is -0.360 e. The summed E-state index contributed by atoms with van der Waals surface area (Å²) in [6.07, 6.45) is 3.73. The molecule has 1 aromatic rings. The first-order valence-corrected chi connectivity index (χ1v) is 8.50. The fourth-order valence-corrected chi connectivity index (χ4v) is 3.58. The standard InChI is InChI=1S/C20H26N4O/c1-13(2)24-18-9-14(3)16(12-22-23-19(25)7-8-21)10-17(18)15(4)11-20(24,5)6/h9-13H,7H2,1-6H3,(H,23,25)/b22-12+. The topological polar surface area (TPSA) is 68.5 Å². The maximum absolute atomic E-state index is 11.3. The Morgan fingerprint density at radius 2 is 2.08 bits per heavy atom. The van der Waals surface area contributed by atoms with Crippen molar-refractivity contribution in [1.82, 2.24) is 5.43 Å². The van der Waals surface area contributed by atoms with Crippen LogP contribution in [-0.4, -0.2) is 23.7 Å². The third-order valence-electron chi connectivity index (χ3n) is 4.41. The molecule has 1 amide bonds. The van der Waals surface area contributed by atoms with Crippen LogP contribution in [0.3, 0.4) is 0 Å². The lowest BCUT2D eigenvalue weighted by atomic mass is 9.86.